The molecule has 6 heteroatoms. The molecule has 14 heavy (non-hydrogen) atoms. The summed E-state index contributed by atoms with van der Waals surface area (Å²) in [5.74, 6) is -2.20. The SMILES string of the molecule is CC[C@H](O)[C@@]1(O)OC[C@@H](O)[C@H](O)[C@H]1O. The van der Waals surface area contributed by atoms with Gasteiger partial charge in [-0.1, -0.05) is 6.92 Å². The fourth-order valence-electron chi connectivity index (χ4n) is 1.44. The lowest BCUT2D eigenvalue weighted by molar-refractivity contribution is -0.351. The van der Waals surface area contributed by atoms with Crippen LogP contribution >= 0.6 is 0 Å². The van der Waals surface area contributed by atoms with Crippen LogP contribution < -0.4 is 0 Å². The average molecular weight is 208 g/mol. The van der Waals surface area contributed by atoms with Crippen LogP contribution in [0.2, 0.25) is 0 Å². The molecule has 0 spiro atoms. The molecule has 1 saturated heterocycles. The van der Waals surface area contributed by atoms with Gasteiger partial charge < -0.3 is 30.3 Å². The number of ether oxygens (including phenoxy) is 1. The Morgan fingerprint density at radius 1 is 1.43 bits per heavy atom. The van der Waals surface area contributed by atoms with Crippen LogP contribution in [0.5, 0.6) is 0 Å². The van der Waals surface area contributed by atoms with Gasteiger partial charge in [-0.05, 0) is 6.42 Å². The van der Waals surface area contributed by atoms with Crippen molar-refractivity contribution in [2.75, 3.05) is 6.61 Å². The van der Waals surface area contributed by atoms with E-state index in [2.05, 4.69) is 0 Å². The molecule has 0 aliphatic carbocycles. The molecule has 0 amide bonds. The molecule has 1 rings (SSSR count). The van der Waals surface area contributed by atoms with E-state index in [9.17, 15) is 20.4 Å². The Bertz CT molecular complexity index is 198. The maximum atomic E-state index is 9.70. The molecule has 1 aliphatic heterocycles. The predicted octanol–water partition coefficient (Wildman–Crippen LogP) is -2.44. The molecule has 0 bridgehead atoms. The third kappa shape index (κ3) is 1.77. The Morgan fingerprint density at radius 2 is 2.00 bits per heavy atom. The van der Waals surface area contributed by atoms with Crippen LogP contribution in [0.25, 0.3) is 0 Å². The average Bonchev–Trinajstić information content (AvgIpc) is 2.19. The van der Waals surface area contributed by atoms with Crippen molar-refractivity contribution in [3.63, 3.8) is 0 Å². The summed E-state index contributed by atoms with van der Waals surface area (Å²) in [6.45, 7) is 1.27. The summed E-state index contributed by atoms with van der Waals surface area (Å²) >= 11 is 0. The van der Waals surface area contributed by atoms with Gasteiger partial charge in [0.15, 0.2) is 0 Å². The van der Waals surface area contributed by atoms with Crippen molar-refractivity contribution in [1.82, 2.24) is 0 Å². The molecular weight excluding hydrogens is 192 g/mol. The minimum absolute atomic E-state index is 0.163. The maximum Gasteiger partial charge on any atom is 0.221 e. The quantitative estimate of drug-likeness (QED) is 0.345. The number of hydrogen-bond donors (Lipinski definition) is 5. The van der Waals surface area contributed by atoms with Crippen LogP contribution in [0.3, 0.4) is 0 Å². The molecule has 0 aromatic heterocycles. The van der Waals surface area contributed by atoms with E-state index in [1.807, 2.05) is 0 Å². The van der Waals surface area contributed by atoms with Crippen molar-refractivity contribution in [3.05, 3.63) is 0 Å². The first-order chi connectivity index (χ1) is 6.43. The zero-order valence-corrected chi connectivity index (χ0v) is 7.87. The number of rotatable bonds is 2. The molecule has 5 N–H and O–H groups in total. The Labute approximate surface area is 81.4 Å². The van der Waals surface area contributed by atoms with Crippen molar-refractivity contribution in [1.29, 1.82) is 0 Å². The molecule has 0 aromatic rings. The predicted molar refractivity (Wildman–Crippen MR) is 45.2 cm³/mol. The van der Waals surface area contributed by atoms with E-state index < -0.39 is 30.2 Å². The third-order valence-corrected chi connectivity index (χ3v) is 2.49. The maximum absolute atomic E-state index is 9.70. The van der Waals surface area contributed by atoms with E-state index >= 15 is 0 Å². The summed E-state index contributed by atoms with van der Waals surface area (Å²) in [6.07, 6.45) is -5.64. The van der Waals surface area contributed by atoms with Gasteiger partial charge in [0.05, 0.1) is 6.61 Å². The molecule has 6 nitrogen and oxygen atoms in total. The van der Waals surface area contributed by atoms with E-state index in [4.69, 9.17) is 9.84 Å². The summed E-state index contributed by atoms with van der Waals surface area (Å²) in [4.78, 5) is 0. The first-order valence-corrected chi connectivity index (χ1v) is 4.52. The van der Waals surface area contributed by atoms with Gasteiger partial charge in [0.1, 0.15) is 24.4 Å². The summed E-state index contributed by atoms with van der Waals surface area (Å²) in [5, 5.41) is 46.9. The van der Waals surface area contributed by atoms with Gasteiger partial charge in [-0.25, -0.2) is 0 Å². The number of aliphatic hydroxyl groups excluding tert-OH is 4. The van der Waals surface area contributed by atoms with E-state index in [0.29, 0.717) is 0 Å². The van der Waals surface area contributed by atoms with Crippen LogP contribution in [-0.4, -0.2) is 62.3 Å². The second-order valence-electron chi connectivity index (χ2n) is 3.49. The Morgan fingerprint density at radius 3 is 2.50 bits per heavy atom. The summed E-state index contributed by atoms with van der Waals surface area (Å²) in [5.41, 5.74) is 0. The summed E-state index contributed by atoms with van der Waals surface area (Å²) in [7, 11) is 0. The van der Waals surface area contributed by atoms with Gasteiger partial charge in [0, 0.05) is 0 Å². The molecule has 0 aromatic carbocycles. The first kappa shape index (κ1) is 11.8. The molecule has 0 saturated carbocycles. The normalized spacial score (nSPS) is 46.3. The molecule has 0 radical (unpaired) electrons. The van der Waals surface area contributed by atoms with Crippen LogP contribution in [0, 0.1) is 0 Å². The molecule has 84 valence electrons. The van der Waals surface area contributed by atoms with Crippen LogP contribution in [0.1, 0.15) is 13.3 Å². The third-order valence-electron chi connectivity index (χ3n) is 2.49. The topological polar surface area (TPSA) is 110 Å². The molecule has 1 heterocycles. The minimum Gasteiger partial charge on any atom is -0.388 e. The van der Waals surface area contributed by atoms with Gasteiger partial charge in [-0.3, -0.25) is 0 Å². The molecular formula is C8H16O6. The van der Waals surface area contributed by atoms with Gasteiger partial charge in [-0.2, -0.15) is 0 Å². The standard InChI is InChI=1S/C8H16O6/c1-2-5(10)8(13)7(12)6(11)4(9)3-14-8/h4-7,9-13H,2-3H2,1H3/t4-,5+,6+,7-,8-/m1/s1. The van der Waals surface area contributed by atoms with Gasteiger partial charge in [0.25, 0.3) is 0 Å². The van der Waals surface area contributed by atoms with Crippen LogP contribution in [-0.2, 0) is 4.74 Å². The zero-order chi connectivity index (χ0) is 10.9. The number of hydrogen-bond acceptors (Lipinski definition) is 6. The van der Waals surface area contributed by atoms with Crippen LogP contribution in [0.4, 0.5) is 0 Å². The molecule has 0 unspecified atom stereocenters. The Kier molecular flexibility index (Phi) is 3.46. The van der Waals surface area contributed by atoms with Crippen molar-refractivity contribution in [2.24, 2.45) is 0 Å². The molecule has 5 atom stereocenters. The van der Waals surface area contributed by atoms with E-state index in [1.165, 1.54) is 0 Å². The zero-order valence-electron chi connectivity index (χ0n) is 7.87. The second kappa shape index (κ2) is 4.09. The highest BCUT2D eigenvalue weighted by atomic mass is 16.7. The smallest absolute Gasteiger partial charge is 0.221 e. The lowest BCUT2D eigenvalue weighted by atomic mass is 9.92. The Hall–Kier alpha value is -0.240. The lowest BCUT2D eigenvalue weighted by Crippen LogP contribution is -2.65. The Balaban J connectivity index is 2.79. The van der Waals surface area contributed by atoms with Gasteiger partial charge in [-0.15, -0.1) is 0 Å². The van der Waals surface area contributed by atoms with Gasteiger partial charge >= 0.3 is 0 Å². The van der Waals surface area contributed by atoms with E-state index in [1.54, 1.807) is 6.92 Å². The van der Waals surface area contributed by atoms with Crippen molar-refractivity contribution >= 4 is 0 Å². The largest absolute Gasteiger partial charge is 0.388 e. The summed E-state index contributed by atoms with van der Waals surface area (Å²) in [6, 6.07) is 0. The van der Waals surface area contributed by atoms with Crippen molar-refractivity contribution in [2.45, 2.75) is 43.5 Å². The fourth-order valence-corrected chi connectivity index (χ4v) is 1.44. The van der Waals surface area contributed by atoms with Crippen LogP contribution in [0.15, 0.2) is 0 Å². The fraction of sp³-hybridized carbons (Fsp3) is 1.00. The van der Waals surface area contributed by atoms with E-state index in [0.717, 1.165) is 0 Å². The highest BCUT2D eigenvalue weighted by molar-refractivity contribution is 4.95. The summed E-state index contributed by atoms with van der Waals surface area (Å²) < 4.78 is 4.76. The lowest BCUT2D eigenvalue weighted by Gasteiger charge is -2.43. The van der Waals surface area contributed by atoms with Gasteiger partial charge in [0.2, 0.25) is 5.79 Å². The highest BCUT2D eigenvalue weighted by Crippen LogP contribution is 2.28. The van der Waals surface area contributed by atoms with Crippen molar-refractivity contribution < 1.29 is 30.3 Å². The first-order valence-electron chi connectivity index (χ1n) is 4.52. The highest BCUT2D eigenvalue weighted by Gasteiger charge is 2.52. The minimum atomic E-state index is -2.20. The number of aliphatic hydroxyl groups is 5. The monoisotopic (exact) mass is 208 g/mol. The molecule has 1 fully saturated rings. The second-order valence-corrected chi connectivity index (χ2v) is 3.49. The van der Waals surface area contributed by atoms with E-state index in [-0.39, 0.29) is 13.0 Å². The molecule has 1 aliphatic rings. The van der Waals surface area contributed by atoms with Crippen molar-refractivity contribution in [3.8, 4) is 0 Å².